The van der Waals surface area contributed by atoms with Crippen molar-refractivity contribution >= 4 is 63.0 Å². The highest BCUT2D eigenvalue weighted by Crippen LogP contribution is 2.36. The Labute approximate surface area is 210 Å². The largest absolute Gasteiger partial charge is 0.466 e. The maximum absolute atomic E-state index is 13.1. The van der Waals surface area contributed by atoms with Gasteiger partial charge in [-0.1, -0.05) is 61.9 Å². The second-order valence-corrected chi connectivity index (χ2v) is 10.3. The van der Waals surface area contributed by atoms with Crippen molar-refractivity contribution in [2.75, 3.05) is 31.1 Å². The van der Waals surface area contributed by atoms with Crippen LogP contribution in [0.2, 0.25) is 0 Å². The molecule has 6 nitrogen and oxygen atoms in total. The minimum atomic E-state index is -0.111. The molecule has 2 aromatic rings. The van der Waals surface area contributed by atoms with Gasteiger partial charge in [-0.25, -0.2) is 4.98 Å². The molecule has 0 aliphatic carbocycles. The number of rotatable bonds is 8. The Bertz CT molecular complexity index is 1110. The standard InChI is InChI=1S/C26H31N3O3S2/c1-3-5-8-13-29-24(30)22(34-26(29)33)17-20-16-19-9-6-7-10-21(19)27-23(20)28-14-11-18(12-15-28)25(31)32-4-2/h6-7,9-10,16-18H,3-5,8,11-15H2,1-2H3/b22-17-. The lowest BCUT2D eigenvalue weighted by Crippen LogP contribution is -2.37. The molecule has 34 heavy (non-hydrogen) atoms. The maximum atomic E-state index is 13.1. The summed E-state index contributed by atoms with van der Waals surface area (Å²) in [6.45, 7) is 6.49. The molecule has 0 N–H and O–H groups in total. The van der Waals surface area contributed by atoms with E-state index in [9.17, 15) is 9.59 Å². The van der Waals surface area contributed by atoms with Crippen LogP contribution in [-0.2, 0) is 14.3 Å². The van der Waals surface area contributed by atoms with Gasteiger partial charge in [0, 0.05) is 30.6 Å². The van der Waals surface area contributed by atoms with Gasteiger partial charge in [0.05, 0.1) is 22.9 Å². The maximum Gasteiger partial charge on any atom is 0.309 e. The highest BCUT2D eigenvalue weighted by atomic mass is 32.2. The van der Waals surface area contributed by atoms with Crippen LogP contribution in [0.5, 0.6) is 0 Å². The Kier molecular flexibility index (Phi) is 8.21. The summed E-state index contributed by atoms with van der Waals surface area (Å²) < 4.78 is 5.84. The molecule has 2 saturated heterocycles. The van der Waals surface area contributed by atoms with Crippen LogP contribution in [0.4, 0.5) is 5.82 Å². The number of aromatic nitrogens is 1. The zero-order chi connectivity index (χ0) is 24.1. The van der Waals surface area contributed by atoms with Crippen molar-refractivity contribution < 1.29 is 14.3 Å². The molecule has 0 spiro atoms. The van der Waals surface area contributed by atoms with E-state index in [0.717, 1.165) is 54.4 Å². The highest BCUT2D eigenvalue weighted by molar-refractivity contribution is 8.26. The van der Waals surface area contributed by atoms with E-state index >= 15 is 0 Å². The van der Waals surface area contributed by atoms with Gasteiger partial charge in [0.15, 0.2) is 0 Å². The zero-order valence-electron chi connectivity index (χ0n) is 19.8. The zero-order valence-corrected chi connectivity index (χ0v) is 21.4. The number of hydrogen-bond donors (Lipinski definition) is 0. The smallest absolute Gasteiger partial charge is 0.309 e. The van der Waals surface area contributed by atoms with Gasteiger partial charge in [-0.2, -0.15) is 0 Å². The SMILES string of the molecule is CCCCCN1C(=O)/C(=C/c2cc3ccccc3nc2N2CCC(C(=O)OCC)CC2)SC1=S. The number of esters is 1. The number of para-hydroxylation sites is 1. The number of pyridine rings is 1. The predicted octanol–water partition coefficient (Wildman–Crippen LogP) is 5.41. The summed E-state index contributed by atoms with van der Waals surface area (Å²) >= 11 is 6.88. The lowest BCUT2D eigenvalue weighted by Gasteiger charge is -2.32. The first-order valence-corrected chi connectivity index (χ1v) is 13.3. The molecule has 2 fully saturated rings. The van der Waals surface area contributed by atoms with Gasteiger partial charge in [-0.3, -0.25) is 14.5 Å². The molecule has 3 heterocycles. The monoisotopic (exact) mass is 497 g/mol. The summed E-state index contributed by atoms with van der Waals surface area (Å²) in [4.78, 5) is 34.8. The molecule has 2 aliphatic rings. The Morgan fingerprint density at radius 3 is 2.74 bits per heavy atom. The molecule has 0 bridgehead atoms. The summed E-state index contributed by atoms with van der Waals surface area (Å²) in [5, 5.41) is 1.03. The molecule has 1 aromatic carbocycles. The number of hydrogen-bond acceptors (Lipinski definition) is 7. The number of thioether (sulfide) groups is 1. The number of carbonyl (C=O) groups excluding carboxylic acids is 2. The van der Waals surface area contributed by atoms with Crippen LogP contribution in [0.1, 0.15) is 51.5 Å². The Morgan fingerprint density at radius 1 is 1.24 bits per heavy atom. The van der Waals surface area contributed by atoms with Gasteiger partial charge in [0.1, 0.15) is 10.1 Å². The summed E-state index contributed by atoms with van der Waals surface area (Å²) in [5.41, 5.74) is 1.82. The highest BCUT2D eigenvalue weighted by Gasteiger charge is 2.32. The van der Waals surface area contributed by atoms with E-state index in [1.807, 2.05) is 37.3 Å². The number of anilines is 1. The molecule has 8 heteroatoms. The average molecular weight is 498 g/mol. The van der Waals surface area contributed by atoms with Gasteiger partial charge in [-0.15, -0.1) is 0 Å². The van der Waals surface area contributed by atoms with E-state index in [4.69, 9.17) is 21.9 Å². The molecule has 2 aliphatic heterocycles. The summed E-state index contributed by atoms with van der Waals surface area (Å²) in [7, 11) is 0. The van der Waals surface area contributed by atoms with Crippen molar-refractivity contribution in [3.8, 4) is 0 Å². The Hall–Kier alpha value is -2.45. The van der Waals surface area contributed by atoms with Crippen molar-refractivity contribution in [2.24, 2.45) is 5.92 Å². The van der Waals surface area contributed by atoms with Gasteiger partial charge >= 0.3 is 5.97 Å². The van der Waals surface area contributed by atoms with Crippen LogP contribution in [0.15, 0.2) is 35.2 Å². The van der Waals surface area contributed by atoms with Crippen LogP contribution >= 0.6 is 24.0 Å². The van der Waals surface area contributed by atoms with Gasteiger partial charge in [0.2, 0.25) is 0 Å². The number of nitrogens with zero attached hydrogens (tertiary/aromatic N) is 3. The number of carbonyl (C=O) groups is 2. The fourth-order valence-electron chi connectivity index (χ4n) is 4.42. The van der Waals surface area contributed by atoms with Crippen molar-refractivity contribution in [3.63, 3.8) is 0 Å². The van der Waals surface area contributed by atoms with Crippen molar-refractivity contribution in [1.82, 2.24) is 9.88 Å². The summed E-state index contributed by atoms with van der Waals surface area (Å²) in [6, 6.07) is 10.1. The number of benzene rings is 1. The third-order valence-electron chi connectivity index (χ3n) is 6.29. The van der Waals surface area contributed by atoms with Crippen LogP contribution in [-0.4, -0.2) is 52.3 Å². The minimum Gasteiger partial charge on any atom is -0.466 e. The van der Waals surface area contributed by atoms with Gasteiger partial charge in [0.25, 0.3) is 5.91 Å². The summed E-state index contributed by atoms with van der Waals surface area (Å²) in [6.07, 6.45) is 6.53. The van der Waals surface area contributed by atoms with Gasteiger partial charge in [-0.05, 0) is 44.4 Å². The molecule has 1 amide bonds. The van der Waals surface area contributed by atoms with Crippen molar-refractivity contribution in [3.05, 3.63) is 40.8 Å². The number of fused-ring (bicyclic) bond motifs is 1. The molecular weight excluding hydrogens is 466 g/mol. The van der Waals surface area contributed by atoms with Crippen molar-refractivity contribution in [1.29, 1.82) is 0 Å². The first-order valence-electron chi connectivity index (χ1n) is 12.1. The second-order valence-electron chi connectivity index (χ2n) is 8.65. The normalized spacial score (nSPS) is 18.4. The molecule has 0 unspecified atom stereocenters. The first kappa shape index (κ1) is 24.7. The predicted molar refractivity (Wildman–Crippen MR) is 143 cm³/mol. The quantitative estimate of drug-likeness (QED) is 0.209. The fraction of sp³-hybridized carbons (Fsp3) is 0.462. The van der Waals surface area contributed by atoms with E-state index in [0.29, 0.717) is 35.5 Å². The lowest BCUT2D eigenvalue weighted by atomic mass is 9.96. The topological polar surface area (TPSA) is 62.7 Å². The van der Waals surface area contributed by atoms with Crippen LogP contribution in [0.25, 0.3) is 17.0 Å². The lowest BCUT2D eigenvalue weighted by molar-refractivity contribution is -0.148. The number of amides is 1. The average Bonchev–Trinajstić information content (AvgIpc) is 3.11. The first-order chi connectivity index (χ1) is 16.5. The number of thiocarbonyl (C=S) groups is 1. The molecular formula is C26H31N3O3S2. The van der Waals surface area contributed by atoms with E-state index in [1.54, 1.807) is 4.90 Å². The molecule has 0 radical (unpaired) electrons. The molecule has 0 atom stereocenters. The van der Waals surface area contributed by atoms with Crippen LogP contribution < -0.4 is 4.90 Å². The summed E-state index contributed by atoms with van der Waals surface area (Å²) in [5.74, 6) is 0.642. The minimum absolute atomic E-state index is 0.0220. The number of unbranched alkanes of at least 4 members (excludes halogenated alkanes) is 2. The van der Waals surface area contributed by atoms with Crippen molar-refractivity contribution in [2.45, 2.75) is 46.0 Å². The number of ether oxygens (including phenoxy) is 1. The second kappa shape index (κ2) is 11.3. The van der Waals surface area contributed by atoms with Crippen LogP contribution in [0.3, 0.4) is 0 Å². The van der Waals surface area contributed by atoms with E-state index in [2.05, 4.69) is 17.9 Å². The van der Waals surface area contributed by atoms with Crippen LogP contribution in [0, 0.1) is 5.92 Å². The molecule has 4 rings (SSSR count). The third kappa shape index (κ3) is 5.44. The molecule has 0 saturated carbocycles. The molecule has 180 valence electrons. The van der Waals surface area contributed by atoms with E-state index < -0.39 is 0 Å². The Balaban J connectivity index is 1.61. The Morgan fingerprint density at radius 2 is 2.00 bits per heavy atom. The third-order valence-corrected chi connectivity index (χ3v) is 7.67. The number of piperidine rings is 1. The van der Waals surface area contributed by atoms with Gasteiger partial charge < -0.3 is 9.64 Å². The fourth-order valence-corrected chi connectivity index (χ4v) is 5.72. The van der Waals surface area contributed by atoms with E-state index in [1.165, 1.54) is 11.8 Å². The van der Waals surface area contributed by atoms with E-state index in [-0.39, 0.29) is 17.8 Å². The molecule has 1 aromatic heterocycles.